The molecule has 2 atom stereocenters. The Kier molecular flexibility index (Phi) is 4.11. The molecule has 2 N–H and O–H groups in total. The van der Waals surface area contributed by atoms with Crippen molar-refractivity contribution < 1.29 is 4.39 Å². The Morgan fingerprint density at radius 3 is 2.58 bits per heavy atom. The Bertz CT molecular complexity index is 420. The third-order valence-electron chi connectivity index (χ3n) is 4.66. The van der Waals surface area contributed by atoms with Crippen molar-refractivity contribution in [3.63, 3.8) is 0 Å². The van der Waals surface area contributed by atoms with Crippen LogP contribution in [0, 0.1) is 5.82 Å². The van der Waals surface area contributed by atoms with Crippen LogP contribution in [0.15, 0.2) is 24.3 Å². The van der Waals surface area contributed by atoms with E-state index in [1.54, 1.807) is 0 Å². The van der Waals surface area contributed by atoms with Gasteiger partial charge in [-0.2, -0.15) is 0 Å². The number of hydrogen-bond donors (Lipinski definition) is 1. The van der Waals surface area contributed by atoms with Crippen molar-refractivity contribution in [1.29, 1.82) is 0 Å². The van der Waals surface area contributed by atoms with Gasteiger partial charge in [-0.1, -0.05) is 0 Å². The third kappa shape index (κ3) is 2.74. The van der Waals surface area contributed by atoms with Crippen LogP contribution in [-0.2, 0) is 0 Å². The number of nitrogens with zero attached hydrogens (tertiary/aromatic N) is 2. The van der Waals surface area contributed by atoms with Crippen molar-refractivity contribution in [1.82, 2.24) is 4.90 Å². The summed E-state index contributed by atoms with van der Waals surface area (Å²) in [5, 5.41) is 0. The van der Waals surface area contributed by atoms with E-state index in [1.807, 2.05) is 12.1 Å². The zero-order valence-corrected chi connectivity index (χ0v) is 12.1. The number of likely N-dealkylation sites (N-methyl/N-ethyl adjacent to an activating group) is 1. The zero-order valence-electron chi connectivity index (χ0n) is 12.1. The van der Waals surface area contributed by atoms with Gasteiger partial charge in [-0.15, -0.1) is 0 Å². The summed E-state index contributed by atoms with van der Waals surface area (Å²) in [6.45, 7) is 3.91. The van der Waals surface area contributed by atoms with Gasteiger partial charge in [0.15, 0.2) is 0 Å². The molecule has 19 heavy (non-hydrogen) atoms. The SMILES string of the molecule is CC1CC(CN)(N(C)c2ccc(F)cc2)CCN1C. The molecule has 0 amide bonds. The second kappa shape index (κ2) is 5.47. The van der Waals surface area contributed by atoms with E-state index < -0.39 is 0 Å². The summed E-state index contributed by atoms with van der Waals surface area (Å²) < 4.78 is 13.0. The van der Waals surface area contributed by atoms with Gasteiger partial charge >= 0.3 is 0 Å². The van der Waals surface area contributed by atoms with E-state index in [1.165, 1.54) is 12.1 Å². The fourth-order valence-electron chi connectivity index (χ4n) is 2.98. The van der Waals surface area contributed by atoms with E-state index in [0.717, 1.165) is 25.1 Å². The summed E-state index contributed by atoms with van der Waals surface area (Å²) in [5.74, 6) is -0.198. The van der Waals surface area contributed by atoms with Crippen LogP contribution in [0.2, 0.25) is 0 Å². The van der Waals surface area contributed by atoms with Crippen molar-refractivity contribution in [3.8, 4) is 0 Å². The van der Waals surface area contributed by atoms with Crippen LogP contribution in [0.3, 0.4) is 0 Å². The first-order chi connectivity index (χ1) is 8.98. The first-order valence-corrected chi connectivity index (χ1v) is 6.88. The van der Waals surface area contributed by atoms with Gasteiger partial charge in [-0.05, 0) is 51.1 Å². The third-order valence-corrected chi connectivity index (χ3v) is 4.66. The molecule has 0 radical (unpaired) electrons. The number of halogens is 1. The lowest BCUT2D eigenvalue weighted by Gasteiger charge is -2.50. The summed E-state index contributed by atoms with van der Waals surface area (Å²) in [7, 11) is 4.22. The number of likely N-dealkylation sites (tertiary alicyclic amines) is 1. The molecule has 1 aromatic rings. The summed E-state index contributed by atoms with van der Waals surface area (Å²) in [6.07, 6.45) is 2.08. The highest BCUT2D eigenvalue weighted by atomic mass is 19.1. The lowest BCUT2D eigenvalue weighted by Crippen LogP contribution is -2.60. The van der Waals surface area contributed by atoms with Crippen molar-refractivity contribution in [2.45, 2.75) is 31.3 Å². The Hall–Kier alpha value is -1.13. The van der Waals surface area contributed by atoms with Gasteiger partial charge in [-0.3, -0.25) is 0 Å². The zero-order chi connectivity index (χ0) is 14.0. The molecule has 1 aromatic carbocycles. The summed E-state index contributed by atoms with van der Waals surface area (Å²) in [6, 6.07) is 7.19. The maximum absolute atomic E-state index is 13.0. The number of piperidine rings is 1. The second-order valence-corrected chi connectivity index (χ2v) is 5.75. The quantitative estimate of drug-likeness (QED) is 0.908. The van der Waals surface area contributed by atoms with Crippen molar-refractivity contribution in [2.75, 3.05) is 32.1 Å². The Morgan fingerprint density at radius 1 is 1.42 bits per heavy atom. The monoisotopic (exact) mass is 265 g/mol. The molecule has 1 saturated heterocycles. The Morgan fingerprint density at radius 2 is 2.05 bits per heavy atom. The lowest BCUT2D eigenvalue weighted by atomic mass is 9.82. The standard InChI is InChI=1S/C15H24FN3/c1-12-10-15(11-17,8-9-18(12)2)19(3)14-6-4-13(16)5-7-14/h4-7,12H,8-11,17H2,1-3H3. The molecular weight excluding hydrogens is 241 g/mol. The highest BCUT2D eigenvalue weighted by Crippen LogP contribution is 2.33. The van der Waals surface area contributed by atoms with E-state index in [4.69, 9.17) is 5.73 Å². The Balaban J connectivity index is 2.23. The maximum Gasteiger partial charge on any atom is 0.123 e. The highest BCUT2D eigenvalue weighted by molar-refractivity contribution is 5.48. The van der Waals surface area contributed by atoms with Gasteiger partial charge in [0.25, 0.3) is 0 Å². The smallest absolute Gasteiger partial charge is 0.123 e. The molecule has 0 aromatic heterocycles. The molecular formula is C15H24FN3. The largest absolute Gasteiger partial charge is 0.368 e. The van der Waals surface area contributed by atoms with E-state index >= 15 is 0 Å². The number of nitrogens with two attached hydrogens (primary N) is 1. The minimum Gasteiger partial charge on any atom is -0.368 e. The second-order valence-electron chi connectivity index (χ2n) is 5.75. The number of rotatable bonds is 3. The fourth-order valence-corrected chi connectivity index (χ4v) is 2.98. The van der Waals surface area contributed by atoms with Gasteiger partial charge < -0.3 is 15.5 Å². The summed E-state index contributed by atoms with van der Waals surface area (Å²) in [4.78, 5) is 4.60. The molecule has 2 rings (SSSR count). The highest BCUT2D eigenvalue weighted by Gasteiger charge is 2.39. The van der Waals surface area contributed by atoms with E-state index in [-0.39, 0.29) is 11.4 Å². The average molecular weight is 265 g/mol. The number of hydrogen-bond acceptors (Lipinski definition) is 3. The van der Waals surface area contributed by atoms with Crippen molar-refractivity contribution in [3.05, 3.63) is 30.1 Å². The van der Waals surface area contributed by atoms with Crippen molar-refractivity contribution >= 4 is 5.69 Å². The van der Waals surface area contributed by atoms with Crippen LogP contribution in [0.5, 0.6) is 0 Å². The minimum atomic E-state index is -0.198. The molecule has 1 heterocycles. The Labute approximate surface area is 115 Å². The van der Waals surface area contributed by atoms with Gasteiger partial charge in [0.1, 0.15) is 5.82 Å². The molecule has 106 valence electrons. The van der Waals surface area contributed by atoms with E-state index in [2.05, 4.69) is 30.8 Å². The van der Waals surface area contributed by atoms with Gasteiger partial charge in [-0.25, -0.2) is 4.39 Å². The molecule has 0 bridgehead atoms. The van der Waals surface area contributed by atoms with E-state index in [0.29, 0.717) is 12.6 Å². The van der Waals surface area contributed by atoms with Crippen LogP contribution in [-0.4, -0.2) is 43.7 Å². The van der Waals surface area contributed by atoms with Crippen LogP contribution >= 0.6 is 0 Å². The predicted molar refractivity (Wildman–Crippen MR) is 77.9 cm³/mol. The van der Waals surface area contributed by atoms with Crippen LogP contribution < -0.4 is 10.6 Å². The van der Waals surface area contributed by atoms with Crippen LogP contribution in [0.25, 0.3) is 0 Å². The molecule has 1 aliphatic rings. The maximum atomic E-state index is 13.0. The molecule has 0 aliphatic carbocycles. The topological polar surface area (TPSA) is 32.5 Å². The van der Waals surface area contributed by atoms with Gasteiger partial charge in [0, 0.05) is 31.9 Å². The fraction of sp³-hybridized carbons (Fsp3) is 0.600. The van der Waals surface area contributed by atoms with Crippen LogP contribution in [0.4, 0.5) is 10.1 Å². The number of benzene rings is 1. The molecule has 2 unspecified atom stereocenters. The molecule has 0 spiro atoms. The molecule has 4 heteroatoms. The molecule has 1 aliphatic heterocycles. The predicted octanol–water partition coefficient (Wildman–Crippen LogP) is 2.07. The molecule has 3 nitrogen and oxygen atoms in total. The number of anilines is 1. The van der Waals surface area contributed by atoms with Crippen LogP contribution in [0.1, 0.15) is 19.8 Å². The van der Waals surface area contributed by atoms with Gasteiger partial charge in [0.2, 0.25) is 0 Å². The van der Waals surface area contributed by atoms with Crippen molar-refractivity contribution in [2.24, 2.45) is 5.73 Å². The molecule has 0 saturated carbocycles. The van der Waals surface area contributed by atoms with Gasteiger partial charge in [0.05, 0.1) is 5.54 Å². The van der Waals surface area contributed by atoms with E-state index in [9.17, 15) is 4.39 Å². The first-order valence-electron chi connectivity index (χ1n) is 6.88. The average Bonchev–Trinajstić information content (AvgIpc) is 2.42. The summed E-state index contributed by atoms with van der Waals surface area (Å²) in [5.41, 5.74) is 7.09. The molecule has 1 fully saturated rings. The summed E-state index contributed by atoms with van der Waals surface area (Å²) >= 11 is 0. The normalized spacial score (nSPS) is 28.4. The first kappa shape index (κ1) is 14.3. The minimum absolute atomic E-state index is 0.0241. The lowest BCUT2D eigenvalue weighted by molar-refractivity contribution is 0.132.